The molecule has 6 nitrogen and oxygen atoms in total. The summed E-state index contributed by atoms with van der Waals surface area (Å²) in [6.45, 7) is 12.7. The number of ether oxygens (including phenoxy) is 2. The van der Waals surface area contributed by atoms with E-state index in [9.17, 15) is 4.79 Å². The van der Waals surface area contributed by atoms with Crippen LogP contribution >= 0.6 is 0 Å². The number of hydrogen-bond donors (Lipinski definition) is 1. The van der Waals surface area contributed by atoms with Gasteiger partial charge in [0.1, 0.15) is 12.0 Å². The van der Waals surface area contributed by atoms with E-state index in [2.05, 4.69) is 26.9 Å². The monoisotopic (exact) mass is 427 g/mol. The van der Waals surface area contributed by atoms with E-state index < -0.39 is 24.9 Å². The molecular formula is C20H37NO5Si2. The van der Waals surface area contributed by atoms with E-state index >= 15 is 0 Å². The minimum atomic E-state index is -0.665. The van der Waals surface area contributed by atoms with Gasteiger partial charge in [-0.05, 0) is 24.6 Å². The highest BCUT2D eigenvalue weighted by Crippen LogP contribution is 2.41. The van der Waals surface area contributed by atoms with Gasteiger partial charge in [0.15, 0.2) is 19.5 Å². The molecule has 28 heavy (non-hydrogen) atoms. The normalized spacial score (nSPS) is 17.1. The van der Waals surface area contributed by atoms with Crippen molar-refractivity contribution < 1.29 is 23.1 Å². The van der Waals surface area contributed by atoms with E-state index in [0.717, 1.165) is 11.3 Å². The van der Waals surface area contributed by atoms with Gasteiger partial charge < -0.3 is 24.1 Å². The van der Waals surface area contributed by atoms with Crippen LogP contribution in [0.1, 0.15) is 33.3 Å². The van der Waals surface area contributed by atoms with E-state index in [1.165, 1.54) is 0 Å². The average Bonchev–Trinajstić information content (AvgIpc) is 2.66. The van der Waals surface area contributed by atoms with Crippen LogP contribution in [0.15, 0.2) is 24.3 Å². The predicted octanol–water partition coefficient (Wildman–Crippen LogP) is 1.99. The van der Waals surface area contributed by atoms with Gasteiger partial charge in [-0.3, -0.25) is 4.79 Å². The van der Waals surface area contributed by atoms with Crippen molar-refractivity contribution in [3.05, 3.63) is 29.8 Å². The number of rotatable bonds is 13. The third kappa shape index (κ3) is 6.70. The van der Waals surface area contributed by atoms with Crippen molar-refractivity contribution in [2.45, 2.75) is 59.8 Å². The molecule has 0 aliphatic heterocycles. The highest BCUT2D eigenvalue weighted by atomic mass is 28.2. The molecule has 160 valence electrons. The Morgan fingerprint density at radius 2 is 1.64 bits per heavy atom. The smallest absolute Gasteiger partial charge is 0.220 e. The van der Waals surface area contributed by atoms with Crippen LogP contribution in [0.3, 0.4) is 0 Å². The Labute approximate surface area is 174 Å². The predicted molar refractivity (Wildman–Crippen MR) is 118 cm³/mol. The number of hydrogen-bond acceptors (Lipinski definition) is 5. The van der Waals surface area contributed by atoms with E-state index in [1.54, 1.807) is 7.11 Å². The number of benzene rings is 1. The van der Waals surface area contributed by atoms with Gasteiger partial charge in [0.2, 0.25) is 5.91 Å². The molecule has 8 heteroatoms. The zero-order valence-electron chi connectivity index (χ0n) is 18.4. The number of nitrogens with two attached hydrogens (primary N) is 1. The number of methoxy groups -OCH3 is 1. The summed E-state index contributed by atoms with van der Waals surface area (Å²) in [6, 6.07) is 7.77. The molecule has 0 aromatic heterocycles. The van der Waals surface area contributed by atoms with E-state index in [1.807, 2.05) is 38.1 Å². The molecule has 1 aromatic rings. The number of primary amides is 1. The standard InChI is InChI=1S/C20H37NO5Si2/c1-13(18(21)22)17(20(3,4)19(25-27-6)26-28-7)14(2)24-12-15-8-10-16(23-5)11-9-15/h8-11,13-14,17,19H,12,27-28H2,1-7H3,(H2,21,22). The Morgan fingerprint density at radius 3 is 2.07 bits per heavy atom. The van der Waals surface area contributed by atoms with Gasteiger partial charge in [-0.2, -0.15) is 0 Å². The number of amides is 1. The van der Waals surface area contributed by atoms with Crippen molar-refractivity contribution in [3.63, 3.8) is 0 Å². The Morgan fingerprint density at radius 1 is 1.11 bits per heavy atom. The van der Waals surface area contributed by atoms with Crippen molar-refractivity contribution in [2.75, 3.05) is 7.11 Å². The zero-order valence-corrected chi connectivity index (χ0v) is 21.2. The molecule has 3 atom stereocenters. The van der Waals surface area contributed by atoms with Gasteiger partial charge in [-0.15, -0.1) is 0 Å². The lowest BCUT2D eigenvalue weighted by Crippen LogP contribution is -2.50. The second-order valence-corrected chi connectivity index (χ2v) is 9.47. The number of carbonyl (C=O) groups excluding carboxylic acids is 1. The Hall–Kier alpha value is -1.20. The van der Waals surface area contributed by atoms with Crippen LogP contribution in [0.4, 0.5) is 0 Å². The minimum Gasteiger partial charge on any atom is -0.497 e. The average molecular weight is 428 g/mol. The van der Waals surface area contributed by atoms with Crippen molar-refractivity contribution in [1.82, 2.24) is 0 Å². The summed E-state index contributed by atoms with van der Waals surface area (Å²) >= 11 is 0. The van der Waals surface area contributed by atoms with Crippen LogP contribution in [-0.2, 0) is 25.0 Å². The lowest BCUT2D eigenvalue weighted by atomic mass is 9.69. The van der Waals surface area contributed by atoms with Gasteiger partial charge in [0.05, 0.1) is 19.8 Å². The molecule has 0 bridgehead atoms. The molecule has 0 fully saturated rings. The first-order chi connectivity index (χ1) is 13.2. The molecule has 1 aromatic carbocycles. The summed E-state index contributed by atoms with van der Waals surface area (Å²) in [5.41, 5.74) is 6.31. The summed E-state index contributed by atoms with van der Waals surface area (Å²) in [4.78, 5) is 12.1. The Bertz CT molecular complexity index is 591. The van der Waals surface area contributed by atoms with Crippen molar-refractivity contribution >= 4 is 25.4 Å². The van der Waals surface area contributed by atoms with Crippen LogP contribution in [-0.4, -0.2) is 44.9 Å². The Kier molecular flexibility index (Phi) is 10.4. The SMILES string of the molecule is COc1ccc(COC(C)C(C(C)C(N)=O)C(C)(C)C(O[SiH2]C)O[SiH2]C)cc1. The second-order valence-electron chi connectivity index (χ2n) is 7.65. The molecule has 1 amide bonds. The molecule has 3 unspecified atom stereocenters. The molecule has 0 aliphatic carbocycles. The first-order valence-corrected chi connectivity index (χ1v) is 13.9. The fourth-order valence-corrected chi connectivity index (χ4v) is 5.67. The highest BCUT2D eigenvalue weighted by Gasteiger charge is 2.45. The minimum absolute atomic E-state index is 0.144. The van der Waals surface area contributed by atoms with E-state index in [-0.39, 0.29) is 30.1 Å². The largest absolute Gasteiger partial charge is 0.497 e. The quantitative estimate of drug-likeness (QED) is 0.385. The molecule has 2 N–H and O–H groups in total. The highest BCUT2D eigenvalue weighted by molar-refractivity contribution is 6.26. The topological polar surface area (TPSA) is 80.0 Å². The third-order valence-corrected chi connectivity index (χ3v) is 6.54. The van der Waals surface area contributed by atoms with Crippen molar-refractivity contribution in [2.24, 2.45) is 23.0 Å². The number of carbonyl (C=O) groups is 1. The maximum Gasteiger partial charge on any atom is 0.220 e. The molecule has 0 heterocycles. The van der Waals surface area contributed by atoms with E-state index in [0.29, 0.717) is 6.61 Å². The van der Waals surface area contributed by atoms with Gasteiger partial charge in [0.25, 0.3) is 0 Å². The van der Waals surface area contributed by atoms with Crippen LogP contribution in [0.5, 0.6) is 5.75 Å². The molecule has 0 saturated carbocycles. The van der Waals surface area contributed by atoms with Gasteiger partial charge >= 0.3 is 0 Å². The fraction of sp³-hybridized carbons (Fsp3) is 0.650. The summed E-state index contributed by atoms with van der Waals surface area (Å²) in [5.74, 6) is -0.0380. The molecule has 0 radical (unpaired) electrons. The molecular weight excluding hydrogens is 390 g/mol. The summed E-state index contributed by atoms with van der Waals surface area (Å²) < 4.78 is 23.4. The maximum absolute atomic E-state index is 12.1. The van der Waals surface area contributed by atoms with Gasteiger partial charge in [0, 0.05) is 17.3 Å². The zero-order chi connectivity index (χ0) is 21.3. The third-order valence-electron chi connectivity index (χ3n) is 5.27. The van der Waals surface area contributed by atoms with Gasteiger partial charge in [-0.1, -0.05) is 46.0 Å². The van der Waals surface area contributed by atoms with Crippen LogP contribution < -0.4 is 10.5 Å². The van der Waals surface area contributed by atoms with Crippen LogP contribution in [0.2, 0.25) is 13.1 Å². The lowest BCUT2D eigenvalue weighted by molar-refractivity contribution is -0.157. The first kappa shape index (κ1) is 24.8. The molecule has 1 rings (SSSR count). The van der Waals surface area contributed by atoms with Crippen LogP contribution in [0.25, 0.3) is 0 Å². The van der Waals surface area contributed by atoms with Crippen LogP contribution in [0, 0.1) is 17.3 Å². The fourth-order valence-electron chi connectivity index (χ4n) is 3.82. The summed E-state index contributed by atoms with van der Waals surface area (Å²) in [5, 5.41) is 0. The molecule has 0 saturated heterocycles. The van der Waals surface area contributed by atoms with Crippen molar-refractivity contribution in [1.29, 1.82) is 0 Å². The second kappa shape index (κ2) is 11.7. The Balaban J connectivity index is 3.01. The maximum atomic E-state index is 12.1. The van der Waals surface area contributed by atoms with E-state index in [4.69, 9.17) is 24.1 Å². The molecule has 0 aliphatic rings. The first-order valence-electron chi connectivity index (χ1n) is 9.95. The lowest BCUT2D eigenvalue weighted by Gasteiger charge is -2.45. The summed E-state index contributed by atoms with van der Waals surface area (Å²) in [7, 11) is 0.313. The summed E-state index contributed by atoms with van der Waals surface area (Å²) in [6.07, 6.45) is -0.536. The van der Waals surface area contributed by atoms with Gasteiger partial charge in [-0.25, -0.2) is 0 Å². The van der Waals surface area contributed by atoms with Crippen molar-refractivity contribution in [3.8, 4) is 5.75 Å². The molecule has 0 spiro atoms.